The molecular weight excluding hydrogens is 378 g/mol. The second-order valence-corrected chi connectivity index (χ2v) is 7.13. The van der Waals surface area contributed by atoms with Gasteiger partial charge in [0.2, 0.25) is 5.78 Å². The molecule has 0 atom stereocenters. The van der Waals surface area contributed by atoms with Gasteiger partial charge in [-0.3, -0.25) is 9.78 Å². The minimum absolute atomic E-state index is 0.0799. The van der Waals surface area contributed by atoms with E-state index < -0.39 is 3.23 Å². The topological polar surface area (TPSA) is 30.0 Å². The van der Waals surface area contributed by atoms with Crippen LogP contribution in [0.1, 0.15) is 11.3 Å². The van der Waals surface area contributed by atoms with Crippen molar-refractivity contribution in [3.63, 3.8) is 0 Å². The van der Waals surface area contributed by atoms with E-state index in [1.54, 1.807) is 12.3 Å². The van der Waals surface area contributed by atoms with Gasteiger partial charge >= 0.3 is 0 Å². The van der Waals surface area contributed by atoms with Crippen LogP contribution >= 0.6 is 47.8 Å². The molecule has 0 saturated carbocycles. The smallest absolute Gasteiger partial charge is 0.203 e. The van der Waals surface area contributed by atoms with Crippen molar-refractivity contribution >= 4 is 59.6 Å². The fourth-order valence-electron chi connectivity index (χ4n) is 1.26. The summed E-state index contributed by atoms with van der Waals surface area (Å²) < 4.78 is -0.365. The van der Waals surface area contributed by atoms with Crippen molar-refractivity contribution in [2.75, 3.05) is 0 Å². The van der Waals surface area contributed by atoms with Gasteiger partial charge in [0.15, 0.2) is 3.23 Å². The average Bonchev–Trinajstić information content (AvgIpc) is 2.15. The van der Waals surface area contributed by atoms with Crippen LogP contribution in [0.2, 0.25) is 0 Å². The van der Waals surface area contributed by atoms with Gasteiger partial charge in [-0.1, -0.05) is 37.9 Å². The Morgan fingerprint density at radius 2 is 2.07 bits per heavy atom. The molecule has 0 unspecified atom stereocenters. The van der Waals surface area contributed by atoms with Crippen LogP contribution in [0.15, 0.2) is 22.8 Å². The molecule has 72 valence electrons. The van der Waals surface area contributed by atoms with Crippen molar-refractivity contribution in [2.45, 2.75) is 3.23 Å². The molecule has 2 rings (SSSR count). The highest BCUT2D eigenvalue weighted by Crippen LogP contribution is 2.46. The molecule has 14 heavy (non-hydrogen) atoms. The molecule has 0 aliphatic heterocycles. The largest absolute Gasteiger partial charge is 0.291 e. The van der Waals surface area contributed by atoms with Crippen LogP contribution in [-0.2, 0) is 8.03 Å². The van der Waals surface area contributed by atoms with Crippen LogP contribution in [0, 0.1) is 0 Å². The van der Waals surface area contributed by atoms with E-state index in [2.05, 4.69) is 52.8 Å². The Kier molecular flexibility index (Phi) is 2.66. The maximum Gasteiger partial charge on any atom is 0.203 e. The summed E-state index contributed by atoms with van der Waals surface area (Å²) in [6.45, 7) is 0. The number of rotatable bonds is 0. The van der Waals surface area contributed by atoms with Crippen molar-refractivity contribution in [3.05, 3.63) is 34.1 Å². The number of nitrogens with zero attached hydrogens (tertiary/aromatic N) is 1. The highest BCUT2D eigenvalue weighted by Gasteiger charge is 2.41. The van der Waals surface area contributed by atoms with Gasteiger partial charge in [-0.25, -0.2) is 0 Å². The lowest BCUT2D eigenvalue weighted by molar-refractivity contribution is -0.115. The number of hydrogen-bond donors (Lipinski definition) is 0. The number of Topliss-reactive ketones (excluding diaryl/α,β-unsaturated/α-hetero) is 1. The molecule has 0 spiro atoms. The van der Waals surface area contributed by atoms with E-state index in [9.17, 15) is 4.79 Å². The summed E-state index contributed by atoms with van der Waals surface area (Å²) in [7, 11) is 0. The maximum atomic E-state index is 11.8. The number of pyridine rings is 1. The first kappa shape index (κ1) is 10.5. The molecule has 1 aromatic heterocycles. The van der Waals surface area contributed by atoms with E-state index in [0.29, 0.717) is 10.2 Å². The molecule has 1 aliphatic rings. The number of carbonyl (C=O) groups is 1. The Hall–Kier alpha value is -0.000000000000000111. The second-order valence-electron chi connectivity index (χ2n) is 2.84. The number of alkyl halides is 2. The van der Waals surface area contributed by atoms with Gasteiger partial charge in [-0.2, -0.15) is 0 Å². The van der Waals surface area contributed by atoms with Crippen molar-refractivity contribution in [1.29, 1.82) is 0 Å². The van der Waals surface area contributed by atoms with Crippen LogP contribution in [-0.4, -0.2) is 10.8 Å². The van der Waals surface area contributed by atoms with Gasteiger partial charge in [0, 0.05) is 11.8 Å². The van der Waals surface area contributed by atoms with Gasteiger partial charge in [0.1, 0.15) is 0 Å². The summed E-state index contributed by atoms with van der Waals surface area (Å²) >= 11 is 9.88. The van der Waals surface area contributed by atoms with E-state index in [1.807, 2.05) is 12.1 Å². The molecule has 0 aromatic carbocycles. The van der Waals surface area contributed by atoms with Crippen LogP contribution in [0.25, 0.3) is 6.08 Å². The zero-order valence-corrected chi connectivity index (χ0v) is 11.6. The molecule has 1 heterocycles. The Morgan fingerprint density at radius 3 is 2.79 bits per heavy atom. The quantitative estimate of drug-likeness (QED) is 0.645. The predicted octanol–water partition coefficient (Wildman–Crippen LogP) is 3.34. The molecule has 0 radical (unpaired) electrons. The summed E-state index contributed by atoms with van der Waals surface area (Å²) in [5.41, 5.74) is 1.61. The van der Waals surface area contributed by atoms with E-state index in [1.165, 1.54) is 0 Å². The Balaban J connectivity index is 2.72. The SMILES string of the molecule is O=C1C(Br)=Cc2cccnc2C1(Br)Br. The lowest BCUT2D eigenvalue weighted by Gasteiger charge is -2.23. The number of carbonyl (C=O) groups excluding carboxylic acids is 1. The van der Waals surface area contributed by atoms with Gasteiger partial charge in [0.25, 0.3) is 0 Å². The van der Waals surface area contributed by atoms with Crippen LogP contribution < -0.4 is 0 Å². The highest BCUT2D eigenvalue weighted by atomic mass is 79.9. The molecule has 2 nitrogen and oxygen atoms in total. The average molecular weight is 382 g/mol. The summed E-state index contributed by atoms with van der Waals surface area (Å²) in [6, 6.07) is 3.74. The lowest BCUT2D eigenvalue weighted by atomic mass is 10.0. The minimum atomic E-state index is -0.899. The standard InChI is InChI=1S/C9H4Br3NO/c10-6-4-5-2-1-3-13-7(5)9(11,12)8(6)14/h1-4H. The molecule has 5 heteroatoms. The zero-order chi connectivity index (χ0) is 10.3. The molecule has 0 amide bonds. The van der Waals surface area contributed by atoms with Crippen molar-refractivity contribution in [3.8, 4) is 0 Å². The molecule has 0 saturated heterocycles. The predicted molar refractivity (Wildman–Crippen MR) is 65.7 cm³/mol. The Morgan fingerprint density at radius 1 is 1.36 bits per heavy atom. The fraction of sp³-hybridized carbons (Fsp3) is 0.111. The van der Waals surface area contributed by atoms with Crippen LogP contribution in [0.3, 0.4) is 0 Å². The van der Waals surface area contributed by atoms with E-state index in [0.717, 1.165) is 5.56 Å². The van der Waals surface area contributed by atoms with Crippen LogP contribution in [0.4, 0.5) is 0 Å². The van der Waals surface area contributed by atoms with Crippen molar-refractivity contribution in [2.24, 2.45) is 0 Å². The third-order valence-corrected chi connectivity index (χ3v) is 3.98. The second kappa shape index (κ2) is 3.54. The fourth-order valence-corrected chi connectivity index (χ4v) is 3.42. The number of allylic oxidation sites excluding steroid dienone is 1. The first-order valence-electron chi connectivity index (χ1n) is 3.79. The van der Waals surface area contributed by atoms with Gasteiger partial charge < -0.3 is 0 Å². The van der Waals surface area contributed by atoms with Crippen molar-refractivity contribution in [1.82, 2.24) is 4.98 Å². The van der Waals surface area contributed by atoms with Gasteiger partial charge in [-0.05, 0) is 28.1 Å². The Bertz CT molecular complexity index is 439. The first-order chi connectivity index (χ1) is 6.53. The van der Waals surface area contributed by atoms with E-state index >= 15 is 0 Å². The lowest BCUT2D eigenvalue weighted by Crippen LogP contribution is -2.27. The number of aromatic nitrogens is 1. The zero-order valence-electron chi connectivity index (χ0n) is 6.80. The number of hydrogen-bond acceptors (Lipinski definition) is 2. The normalized spacial score (nSPS) is 18.8. The molecule has 1 aliphatic carbocycles. The van der Waals surface area contributed by atoms with Gasteiger partial charge in [-0.15, -0.1) is 0 Å². The Labute approximate surface area is 106 Å². The highest BCUT2D eigenvalue weighted by molar-refractivity contribution is 9.25. The summed E-state index contributed by atoms with van der Waals surface area (Å²) in [5.74, 6) is -0.0799. The van der Waals surface area contributed by atoms with E-state index in [-0.39, 0.29) is 5.78 Å². The summed E-state index contributed by atoms with van der Waals surface area (Å²) in [4.78, 5) is 15.9. The minimum Gasteiger partial charge on any atom is -0.291 e. The number of ketones is 1. The van der Waals surface area contributed by atoms with Gasteiger partial charge in [0.05, 0.1) is 10.2 Å². The summed E-state index contributed by atoms with van der Waals surface area (Å²) in [5, 5.41) is 0. The third kappa shape index (κ3) is 1.51. The molecular formula is C9H4Br3NO. The van der Waals surface area contributed by atoms with E-state index in [4.69, 9.17) is 0 Å². The maximum absolute atomic E-state index is 11.8. The molecule has 0 bridgehead atoms. The summed E-state index contributed by atoms with van der Waals surface area (Å²) in [6.07, 6.45) is 3.43. The molecule has 1 aromatic rings. The monoisotopic (exact) mass is 379 g/mol. The number of fused-ring (bicyclic) bond motifs is 1. The molecule has 0 N–H and O–H groups in total. The van der Waals surface area contributed by atoms with Crippen LogP contribution in [0.5, 0.6) is 0 Å². The van der Waals surface area contributed by atoms with Crippen molar-refractivity contribution < 1.29 is 4.79 Å². The first-order valence-corrected chi connectivity index (χ1v) is 6.16. The molecule has 0 fully saturated rings. The number of halogens is 3. The third-order valence-electron chi connectivity index (χ3n) is 1.92.